The Morgan fingerprint density at radius 1 is 1.09 bits per heavy atom. The molecule has 1 unspecified atom stereocenters. The van der Waals surface area contributed by atoms with Gasteiger partial charge in [0.1, 0.15) is 0 Å². The SMILES string of the molecule is O=C(C[NH+]1CC[C@@H]2CCCC[C@@H]2C1)Nc1ccc(F)c(F)c1F. The molecule has 0 radical (unpaired) electrons. The topological polar surface area (TPSA) is 33.5 Å². The number of likely N-dealkylation sites (tertiary alicyclic amines) is 1. The third kappa shape index (κ3) is 3.68. The van der Waals surface area contributed by atoms with Gasteiger partial charge in [-0.2, -0.15) is 0 Å². The standard InChI is InChI=1S/C17H21F3N2O/c18-13-5-6-14(17(20)16(13)19)21-15(23)10-22-8-7-11-3-1-2-4-12(11)9-22/h5-6,11-12H,1-4,7-10H2,(H,21,23)/p+1/t11-,12+/m0/s1. The molecule has 1 aromatic rings. The molecule has 23 heavy (non-hydrogen) atoms. The molecule has 0 bridgehead atoms. The van der Waals surface area contributed by atoms with E-state index >= 15 is 0 Å². The average molecular weight is 327 g/mol. The summed E-state index contributed by atoms with van der Waals surface area (Å²) in [6, 6.07) is 1.86. The molecule has 1 aliphatic heterocycles. The van der Waals surface area contributed by atoms with E-state index in [1.54, 1.807) is 0 Å². The number of hydrogen-bond acceptors (Lipinski definition) is 1. The Kier molecular flexibility index (Phi) is 4.90. The molecule has 1 saturated heterocycles. The summed E-state index contributed by atoms with van der Waals surface area (Å²) in [6.07, 6.45) is 6.23. The molecule has 2 N–H and O–H groups in total. The van der Waals surface area contributed by atoms with Crippen molar-refractivity contribution in [2.24, 2.45) is 11.8 Å². The monoisotopic (exact) mass is 327 g/mol. The fraction of sp³-hybridized carbons (Fsp3) is 0.588. The zero-order chi connectivity index (χ0) is 16.4. The van der Waals surface area contributed by atoms with Gasteiger partial charge in [-0.25, -0.2) is 13.2 Å². The maximum atomic E-state index is 13.6. The number of amides is 1. The summed E-state index contributed by atoms with van der Waals surface area (Å²) in [5.74, 6) is -3.05. The van der Waals surface area contributed by atoms with Gasteiger partial charge in [0.15, 0.2) is 24.0 Å². The zero-order valence-corrected chi connectivity index (χ0v) is 13.0. The van der Waals surface area contributed by atoms with Crippen molar-refractivity contribution < 1.29 is 22.9 Å². The second kappa shape index (κ2) is 6.91. The van der Waals surface area contributed by atoms with E-state index in [1.165, 1.54) is 30.6 Å². The molecule has 0 spiro atoms. The first-order valence-corrected chi connectivity index (χ1v) is 8.31. The third-order valence-corrected chi connectivity index (χ3v) is 5.21. The summed E-state index contributed by atoms with van der Waals surface area (Å²) in [6.45, 7) is 2.15. The van der Waals surface area contributed by atoms with Crippen molar-refractivity contribution in [1.29, 1.82) is 0 Å². The number of halogens is 3. The molecule has 1 aliphatic carbocycles. The van der Waals surface area contributed by atoms with Gasteiger partial charge in [0, 0.05) is 5.92 Å². The summed E-state index contributed by atoms with van der Waals surface area (Å²) in [4.78, 5) is 13.3. The average Bonchev–Trinajstić information content (AvgIpc) is 2.55. The second-order valence-corrected chi connectivity index (χ2v) is 6.75. The lowest BCUT2D eigenvalue weighted by Crippen LogP contribution is -3.15. The van der Waals surface area contributed by atoms with E-state index in [0.29, 0.717) is 5.92 Å². The van der Waals surface area contributed by atoms with Crippen LogP contribution in [0.4, 0.5) is 18.9 Å². The van der Waals surface area contributed by atoms with Crippen LogP contribution in [0.15, 0.2) is 12.1 Å². The molecular formula is C17H22F3N2O+. The number of rotatable bonds is 3. The van der Waals surface area contributed by atoms with E-state index in [-0.39, 0.29) is 18.1 Å². The van der Waals surface area contributed by atoms with Gasteiger partial charge < -0.3 is 10.2 Å². The fourth-order valence-electron chi connectivity index (χ4n) is 4.00. The van der Waals surface area contributed by atoms with Crippen LogP contribution in [0.1, 0.15) is 32.1 Å². The first kappa shape index (κ1) is 16.3. The number of piperidine rings is 1. The molecule has 1 saturated carbocycles. The number of benzene rings is 1. The summed E-state index contributed by atoms with van der Waals surface area (Å²) in [5.41, 5.74) is -0.305. The highest BCUT2D eigenvalue weighted by Gasteiger charge is 2.34. The highest BCUT2D eigenvalue weighted by Crippen LogP contribution is 2.32. The lowest BCUT2D eigenvalue weighted by Gasteiger charge is -2.38. The highest BCUT2D eigenvalue weighted by atomic mass is 19.2. The third-order valence-electron chi connectivity index (χ3n) is 5.21. The van der Waals surface area contributed by atoms with E-state index in [4.69, 9.17) is 0 Å². The molecule has 3 rings (SSSR count). The van der Waals surface area contributed by atoms with Crippen LogP contribution in [0.3, 0.4) is 0 Å². The largest absolute Gasteiger partial charge is 0.327 e. The zero-order valence-electron chi connectivity index (χ0n) is 13.0. The summed E-state index contributed by atoms with van der Waals surface area (Å²) < 4.78 is 39.7. The Bertz CT molecular complexity index is 593. The van der Waals surface area contributed by atoms with E-state index in [1.807, 2.05) is 0 Å². The normalized spacial score (nSPS) is 27.3. The molecule has 2 fully saturated rings. The minimum absolute atomic E-state index is 0.238. The Morgan fingerprint density at radius 3 is 2.61 bits per heavy atom. The number of carbonyl (C=O) groups excluding carboxylic acids is 1. The van der Waals surface area contributed by atoms with Gasteiger partial charge in [-0.1, -0.05) is 12.8 Å². The first-order valence-electron chi connectivity index (χ1n) is 8.31. The highest BCUT2D eigenvalue weighted by molar-refractivity contribution is 5.91. The van der Waals surface area contributed by atoms with Crippen molar-refractivity contribution in [3.05, 3.63) is 29.6 Å². The number of fused-ring (bicyclic) bond motifs is 1. The molecule has 3 atom stereocenters. The summed E-state index contributed by atoms with van der Waals surface area (Å²) in [5, 5.41) is 2.36. The lowest BCUT2D eigenvalue weighted by atomic mass is 9.75. The van der Waals surface area contributed by atoms with Crippen molar-refractivity contribution in [1.82, 2.24) is 0 Å². The summed E-state index contributed by atoms with van der Waals surface area (Å²) >= 11 is 0. The smallest absolute Gasteiger partial charge is 0.279 e. The van der Waals surface area contributed by atoms with E-state index < -0.39 is 17.5 Å². The number of quaternary nitrogens is 1. The Labute approximate surface area is 133 Å². The van der Waals surface area contributed by atoms with Crippen LogP contribution >= 0.6 is 0 Å². The van der Waals surface area contributed by atoms with Crippen LogP contribution < -0.4 is 10.2 Å². The number of nitrogens with one attached hydrogen (secondary N) is 2. The Balaban J connectivity index is 1.56. The van der Waals surface area contributed by atoms with Crippen molar-refractivity contribution in [3.8, 4) is 0 Å². The van der Waals surface area contributed by atoms with Gasteiger partial charge in [0.2, 0.25) is 0 Å². The van der Waals surface area contributed by atoms with Gasteiger partial charge >= 0.3 is 0 Å². The molecule has 6 heteroatoms. The molecule has 126 valence electrons. The fourth-order valence-corrected chi connectivity index (χ4v) is 4.00. The Morgan fingerprint density at radius 2 is 1.83 bits per heavy atom. The predicted molar refractivity (Wildman–Crippen MR) is 80.6 cm³/mol. The maximum Gasteiger partial charge on any atom is 0.279 e. The van der Waals surface area contributed by atoms with Gasteiger partial charge in [-0.05, 0) is 37.3 Å². The number of anilines is 1. The minimum Gasteiger partial charge on any atom is -0.327 e. The predicted octanol–water partition coefficient (Wildman–Crippen LogP) is 2.14. The molecular weight excluding hydrogens is 305 g/mol. The minimum atomic E-state index is -1.56. The van der Waals surface area contributed by atoms with Gasteiger partial charge in [0.25, 0.3) is 5.91 Å². The lowest BCUT2D eigenvalue weighted by molar-refractivity contribution is -0.902. The second-order valence-electron chi connectivity index (χ2n) is 6.75. The van der Waals surface area contributed by atoms with E-state index in [2.05, 4.69) is 5.32 Å². The van der Waals surface area contributed by atoms with E-state index in [0.717, 1.165) is 37.6 Å². The summed E-state index contributed by atoms with van der Waals surface area (Å²) in [7, 11) is 0. The molecule has 1 heterocycles. The van der Waals surface area contributed by atoms with Crippen LogP contribution in [0.25, 0.3) is 0 Å². The van der Waals surface area contributed by atoms with Crippen LogP contribution in [-0.2, 0) is 4.79 Å². The van der Waals surface area contributed by atoms with E-state index in [9.17, 15) is 18.0 Å². The van der Waals surface area contributed by atoms with Crippen LogP contribution in [0.2, 0.25) is 0 Å². The van der Waals surface area contributed by atoms with Crippen molar-refractivity contribution >= 4 is 11.6 Å². The van der Waals surface area contributed by atoms with Crippen molar-refractivity contribution in [2.45, 2.75) is 32.1 Å². The molecule has 1 aromatic carbocycles. The molecule has 3 nitrogen and oxygen atoms in total. The Hall–Kier alpha value is -1.56. The van der Waals surface area contributed by atoms with Gasteiger partial charge in [0.05, 0.1) is 18.8 Å². The number of carbonyl (C=O) groups is 1. The van der Waals surface area contributed by atoms with Gasteiger partial charge in [-0.3, -0.25) is 4.79 Å². The molecule has 1 amide bonds. The van der Waals surface area contributed by atoms with Gasteiger partial charge in [-0.15, -0.1) is 0 Å². The van der Waals surface area contributed by atoms with Crippen LogP contribution in [0, 0.1) is 29.3 Å². The maximum absolute atomic E-state index is 13.6. The molecule has 0 aromatic heterocycles. The van der Waals surface area contributed by atoms with Crippen LogP contribution in [0.5, 0.6) is 0 Å². The number of hydrogen-bond donors (Lipinski definition) is 2. The quantitative estimate of drug-likeness (QED) is 0.820. The first-order chi connectivity index (χ1) is 11.0. The molecule has 2 aliphatic rings. The van der Waals surface area contributed by atoms with Crippen LogP contribution in [-0.4, -0.2) is 25.5 Å². The van der Waals surface area contributed by atoms with Crippen molar-refractivity contribution in [2.75, 3.05) is 25.0 Å². The van der Waals surface area contributed by atoms with Crippen molar-refractivity contribution in [3.63, 3.8) is 0 Å².